The minimum Gasteiger partial charge on any atom is -0.241 e. The molecule has 1 heterocycles. The third kappa shape index (κ3) is 2.68. The number of nitrogens with zero attached hydrogens (tertiary/aromatic N) is 1. The van der Waals surface area contributed by atoms with Crippen molar-refractivity contribution in [3.05, 3.63) is 22.7 Å². The zero-order chi connectivity index (χ0) is 10.6. The highest BCUT2D eigenvalue weighted by atomic mass is 32.1. The van der Waals surface area contributed by atoms with Gasteiger partial charge < -0.3 is 0 Å². The van der Waals surface area contributed by atoms with Crippen LogP contribution in [-0.2, 0) is 0 Å². The topological polar surface area (TPSA) is 12.9 Å². The van der Waals surface area contributed by atoms with E-state index in [0.717, 1.165) is 11.3 Å². The van der Waals surface area contributed by atoms with Crippen LogP contribution in [0, 0.1) is 0 Å². The Hall–Kier alpha value is -0.630. The van der Waals surface area contributed by atoms with Gasteiger partial charge in [0.1, 0.15) is 0 Å². The van der Waals surface area contributed by atoms with E-state index in [2.05, 4.69) is 30.8 Å². The molecule has 14 heavy (non-hydrogen) atoms. The highest BCUT2D eigenvalue weighted by Crippen LogP contribution is 2.28. The summed E-state index contributed by atoms with van der Waals surface area (Å²) in [6.07, 6.45) is 3.68. The van der Waals surface area contributed by atoms with Gasteiger partial charge in [-0.25, -0.2) is 4.98 Å². The van der Waals surface area contributed by atoms with Crippen molar-refractivity contribution in [2.45, 2.75) is 46.0 Å². The van der Waals surface area contributed by atoms with Crippen LogP contribution in [-0.4, -0.2) is 4.98 Å². The molecule has 1 aromatic rings. The molecule has 0 radical (unpaired) electrons. The molecule has 0 saturated heterocycles. The monoisotopic (exact) mass is 209 g/mol. The predicted octanol–water partition coefficient (Wildman–Crippen LogP) is 4.47. The minimum absolute atomic E-state index is 0.651. The molecule has 0 bridgehead atoms. The fourth-order valence-corrected chi connectivity index (χ4v) is 2.64. The number of thiazole rings is 1. The average molecular weight is 209 g/mol. The first-order chi connectivity index (χ1) is 6.69. The Labute approximate surface area is 90.9 Å². The van der Waals surface area contributed by atoms with Crippen molar-refractivity contribution in [2.24, 2.45) is 0 Å². The van der Waals surface area contributed by atoms with Gasteiger partial charge in [0.15, 0.2) is 0 Å². The summed E-state index contributed by atoms with van der Waals surface area (Å²) in [6.45, 7) is 10.4. The molecular weight excluding hydrogens is 190 g/mol. The molecule has 1 atom stereocenters. The molecule has 0 aliphatic rings. The summed E-state index contributed by atoms with van der Waals surface area (Å²) in [5.74, 6) is 0.651. The normalized spacial score (nSPS) is 12.8. The van der Waals surface area contributed by atoms with Crippen LogP contribution in [0.4, 0.5) is 0 Å². The Kier molecular flexibility index (Phi) is 4.33. The van der Waals surface area contributed by atoms with Gasteiger partial charge in [0.25, 0.3) is 0 Å². The van der Waals surface area contributed by atoms with Crippen LogP contribution in [0.25, 0.3) is 5.57 Å². The highest BCUT2D eigenvalue weighted by Gasteiger charge is 2.12. The summed E-state index contributed by atoms with van der Waals surface area (Å²) < 4.78 is 0. The third-order valence-electron chi connectivity index (χ3n) is 2.44. The van der Waals surface area contributed by atoms with Crippen molar-refractivity contribution < 1.29 is 0 Å². The van der Waals surface area contributed by atoms with Crippen molar-refractivity contribution in [1.29, 1.82) is 0 Å². The van der Waals surface area contributed by atoms with E-state index in [4.69, 9.17) is 0 Å². The summed E-state index contributed by atoms with van der Waals surface area (Å²) in [4.78, 5) is 4.62. The maximum atomic E-state index is 4.62. The molecule has 1 rings (SSSR count). The molecule has 0 N–H and O–H groups in total. The molecule has 1 nitrogen and oxygen atoms in total. The first kappa shape index (κ1) is 11.4. The third-order valence-corrected chi connectivity index (χ3v) is 3.45. The Morgan fingerprint density at radius 1 is 1.57 bits per heavy atom. The summed E-state index contributed by atoms with van der Waals surface area (Å²) in [7, 11) is 0. The molecule has 1 unspecified atom stereocenters. The van der Waals surface area contributed by atoms with Crippen molar-refractivity contribution in [3.8, 4) is 0 Å². The van der Waals surface area contributed by atoms with Crippen molar-refractivity contribution in [1.82, 2.24) is 4.98 Å². The van der Waals surface area contributed by atoms with Crippen LogP contribution in [0.1, 0.15) is 56.7 Å². The van der Waals surface area contributed by atoms with Crippen molar-refractivity contribution in [2.75, 3.05) is 0 Å². The van der Waals surface area contributed by atoms with E-state index in [9.17, 15) is 0 Å². The number of hydrogen-bond donors (Lipinski definition) is 0. The highest BCUT2D eigenvalue weighted by molar-refractivity contribution is 7.09. The minimum atomic E-state index is 0.651. The van der Waals surface area contributed by atoms with E-state index in [-0.39, 0.29) is 0 Å². The van der Waals surface area contributed by atoms with Crippen LogP contribution >= 0.6 is 11.3 Å². The average Bonchev–Trinajstić information content (AvgIpc) is 2.63. The molecule has 0 aromatic carbocycles. The number of rotatable bonds is 5. The molecule has 2 heteroatoms. The zero-order valence-electron chi connectivity index (χ0n) is 9.34. The Bertz CT molecular complexity index is 301. The van der Waals surface area contributed by atoms with E-state index in [1.807, 2.05) is 6.92 Å². The second-order valence-corrected chi connectivity index (χ2v) is 4.63. The second kappa shape index (κ2) is 5.30. The van der Waals surface area contributed by atoms with Crippen molar-refractivity contribution >= 4 is 16.9 Å². The smallest absolute Gasteiger partial charge is 0.0963 e. The lowest BCUT2D eigenvalue weighted by Crippen LogP contribution is -1.96. The standard InChI is InChI=1S/C12H19NS/c1-5-7-10(6-2)12-13-11(8-14-12)9(3)4/h8,10H,3,5-7H2,1-2,4H3. The number of hydrogen-bond acceptors (Lipinski definition) is 2. The lowest BCUT2D eigenvalue weighted by atomic mass is 10.0. The van der Waals surface area contributed by atoms with E-state index >= 15 is 0 Å². The maximum absolute atomic E-state index is 4.62. The van der Waals surface area contributed by atoms with Gasteiger partial charge in [-0.05, 0) is 25.3 Å². The van der Waals surface area contributed by atoms with Gasteiger partial charge in [-0.15, -0.1) is 11.3 Å². The predicted molar refractivity (Wildman–Crippen MR) is 64.8 cm³/mol. The molecule has 1 aromatic heterocycles. The Balaban J connectivity index is 2.78. The lowest BCUT2D eigenvalue weighted by molar-refractivity contribution is 0.592. The number of allylic oxidation sites excluding steroid dienone is 1. The van der Waals surface area contributed by atoms with Gasteiger partial charge in [-0.3, -0.25) is 0 Å². The SMILES string of the molecule is C=C(C)c1csc(C(CC)CCC)n1. The largest absolute Gasteiger partial charge is 0.241 e. The molecule has 0 amide bonds. The molecule has 0 fully saturated rings. The Morgan fingerprint density at radius 2 is 2.29 bits per heavy atom. The number of aromatic nitrogens is 1. The van der Waals surface area contributed by atoms with Crippen LogP contribution in [0.15, 0.2) is 12.0 Å². The molecule has 78 valence electrons. The first-order valence-corrected chi connectivity index (χ1v) is 6.18. The zero-order valence-corrected chi connectivity index (χ0v) is 10.2. The van der Waals surface area contributed by atoms with Gasteiger partial charge in [-0.2, -0.15) is 0 Å². The van der Waals surface area contributed by atoms with Gasteiger partial charge in [-0.1, -0.05) is 26.8 Å². The van der Waals surface area contributed by atoms with Gasteiger partial charge in [0.05, 0.1) is 10.7 Å². The molecule has 0 aliphatic heterocycles. The summed E-state index contributed by atoms with van der Waals surface area (Å²) in [5.41, 5.74) is 2.14. The second-order valence-electron chi connectivity index (χ2n) is 3.75. The maximum Gasteiger partial charge on any atom is 0.0963 e. The summed E-state index contributed by atoms with van der Waals surface area (Å²) in [5, 5.41) is 3.41. The quantitative estimate of drug-likeness (QED) is 0.697. The lowest BCUT2D eigenvalue weighted by Gasteiger charge is -2.09. The van der Waals surface area contributed by atoms with E-state index < -0.39 is 0 Å². The van der Waals surface area contributed by atoms with Gasteiger partial charge in [0, 0.05) is 11.3 Å². The molecule has 0 saturated carbocycles. The summed E-state index contributed by atoms with van der Waals surface area (Å²) in [6, 6.07) is 0. The van der Waals surface area contributed by atoms with E-state index in [1.165, 1.54) is 24.3 Å². The van der Waals surface area contributed by atoms with Crippen LogP contribution in [0.5, 0.6) is 0 Å². The van der Waals surface area contributed by atoms with E-state index in [0.29, 0.717) is 5.92 Å². The van der Waals surface area contributed by atoms with Crippen LogP contribution < -0.4 is 0 Å². The van der Waals surface area contributed by atoms with Gasteiger partial charge >= 0.3 is 0 Å². The fraction of sp³-hybridized carbons (Fsp3) is 0.583. The molecule has 0 aliphatic carbocycles. The summed E-state index contributed by atoms with van der Waals surface area (Å²) >= 11 is 1.78. The first-order valence-electron chi connectivity index (χ1n) is 5.30. The van der Waals surface area contributed by atoms with Crippen molar-refractivity contribution in [3.63, 3.8) is 0 Å². The molecular formula is C12H19NS. The van der Waals surface area contributed by atoms with Crippen LogP contribution in [0.3, 0.4) is 0 Å². The van der Waals surface area contributed by atoms with Gasteiger partial charge in [0.2, 0.25) is 0 Å². The molecule has 0 spiro atoms. The van der Waals surface area contributed by atoms with Crippen LogP contribution in [0.2, 0.25) is 0 Å². The fourth-order valence-electron chi connectivity index (χ4n) is 1.52. The Morgan fingerprint density at radius 3 is 2.71 bits per heavy atom. The van der Waals surface area contributed by atoms with E-state index in [1.54, 1.807) is 11.3 Å².